The van der Waals surface area contributed by atoms with E-state index < -0.39 is 4.92 Å². The number of pyridine rings is 1. The Morgan fingerprint density at radius 1 is 1.20 bits per heavy atom. The summed E-state index contributed by atoms with van der Waals surface area (Å²) in [6, 6.07) is 9.09. The Kier molecular flexibility index (Phi) is 4.79. The van der Waals surface area contributed by atoms with Gasteiger partial charge in [0, 0.05) is 30.6 Å². The molecule has 0 amide bonds. The first-order chi connectivity index (χ1) is 12.0. The minimum absolute atomic E-state index is 0.0105. The maximum absolute atomic E-state index is 12.8. The van der Waals surface area contributed by atoms with Crippen molar-refractivity contribution in [2.45, 2.75) is 26.7 Å². The Balaban J connectivity index is 1.65. The van der Waals surface area contributed by atoms with Crippen molar-refractivity contribution >= 4 is 17.3 Å². The summed E-state index contributed by atoms with van der Waals surface area (Å²) >= 11 is 0. The van der Waals surface area contributed by atoms with Crippen molar-refractivity contribution in [2.24, 2.45) is 5.92 Å². The Hall–Kier alpha value is -2.76. The van der Waals surface area contributed by atoms with E-state index in [-0.39, 0.29) is 17.4 Å². The Morgan fingerprint density at radius 3 is 2.48 bits per heavy atom. The fraction of sp³-hybridized carbons (Fsp3) is 0.368. The van der Waals surface area contributed by atoms with Gasteiger partial charge >= 0.3 is 0 Å². The molecule has 25 heavy (non-hydrogen) atoms. The monoisotopic (exact) mass is 339 g/mol. The lowest BCUT2D eigenvalue weighted by Crippen LogP contribution is -2.37. The van der Waals surface area contributed by atoms with Gasteiger partial charge in [0.05, 0.1) is 4.92 Å². The maximum atomic E-state index is 12.8. The molecule has 2 aromatic rings. The third-order valence-electron chi connectivity index (χ3n) is 4.78. The first-order valence-corrected chi connectivity index (χ1v) is 8.42. The molecule has 1 aliphatic rings. The van der Waals surface area contributed by atoms with Gasteiger partial charge in [-0.15, -0.1) is 0 Å². The van der Waals surface area contributed by atoms with Crippen molar-refractivity contribution in [1.82, 2.24) is 4.98 Å². The minimum atomic E-state index is -0.453. The van der Waals surface area contributed by atoms with Gasteiger partial charge < -0.3 is 4.90 Å². The molecule has 0 saturated carbocycles. The predicted octanol–water partition coefficient (Wildman–Crippen LogP) is 3.71. The molecule has 0 radical (unpaired) electrons. The van der Waals surface area contributed by atoms with E-state index in [0.717, 1.165) is 48.4 Å². The second kappa shape index (κ2) is 7.01. The number of nitrogens with zero attached hydrogens (tertiary/aromatic N) is 3. The zero-order chi connectivity index (χ0) is 18.0. The minimum Gasteiger partial charge on any atom is -0.357 e. The van der Waals surface area contributed by atoms with Gasteiger partial charge in [-0.25, -0.2) is 4.98 Å². The van der Waals surface area contributed by atoms with Crippen molar-refractivity contribution < 1.29 is 9.72 Å². The molecule has 1 aliphatic heterocycles. The highest BCUT2D eigenvalue weighted by molar-refractivity contribution is 5.99. The molecule has 0 unspecified atom stereocenters. The number of Topliss-reactive ketones (excluding diaryl/α,β-unsaturated/α-hetero) is 1. The van der Waals surface area contributed by atoms with E-state index in [0.29, 0.717) is 0 Å². The molecule has 3 rings (SSSR count). The van der Waals surface area contributed by atoms with Gasteiger partial charge in [0.1, 0.15) is 12.0 Å². The summed E-state index contributed by atoms with van der Waals surface area (Å²) in [7, 11) is 0. The van der Waals surface area contributed by atoms with Crippen molar-refractivity contribution in [3.8, 4) is 0 Å². The fourth-order valence-electron chi connectivity index (χ4n) is 3.35. The van der Waals surface area contributed by atoms with Crippen LogP contribution >= 0.6 is 0 Å². The van der Waals surface area contributed by atoms with Crippen LogP contribution in [0.1, 0.15) is 34.3 Å². The van der Waals surface area contributed by atoms with Crippen LogP contribution in [0.5, 0.6) is 0 Å². The molecule has 0 N–H and O–H groups in total. The number of aryl methyl sites for hydroxylation is 2. The van der Waals surface area contributed by atoms with Gasteiger partial charge in [0.15, 0.2) is 5.78 Å². The van der Waals surface area contributed by atoms with Crippen molar-refractivity contribution in [3.05, 3.63) is 63.3 Å². The van der Waals surface area contributed by atoms with Gasteiger partial charge in [-0.1, -0.05) is 23.8 Å². The quantitative estimate of drug-likeness (QED) is 0.482. The zero-order valence-corrected chi connectivity index (χ0v) is 14.4. The van der Waals surface area contributed by atoms with E-state index in [1.807, 2.05) is 32.0 Å². The average molecular weight is 339 g/mol. The average Bonchev–Trinajstić information content (AvgIpc) is 2.61. The molecule has 2 heterocycles. The normalized spacial score (nSPS) is 15.2. The second-order valence-electron chi connectivity index (χ2n) is 6.58. The Labute approximate surface area is 146 Å². The van der Waals surface area contributed by atoms with Crippen LogP contribution in [0.25, 0.3) is 0 Å². The molecule has 130 valence electrons. The number of anilines is 1. The van der Waals surface area contributed by atoms with Gasteiger partial charge in [-0.2, -0.15) is 0 Å². The number of nitro groups is 1. The highest BCUT2D eigenvalue weighted by Gasteiger charge is 2.27. The summed E-state index contributed by atoms with van der Waals surface area (Å²) in [6.07, 6.45) is 2.82. The molecule has 1 fully saturated rings. The standard InChI is InChI=1S/C19H21N3O3/c1-13-3-5-17(14(2)11-13)19(23)15-7-9-21(10-8-15)18-6-4-16(12-20-18)22(24)25/h3-6,11-12,15H,7-10H2,1-2H3. The van der Waals surface area contributed by atoms with Crippen LogP contribution in [0.3, 0.4) is 0 Å². The number of rotatable bonds is 4. The van der Waals surface area contributed by atoms with E-state index in [4.69, 9.17) is 0 Å². The highest BCUT2D eigenvalue weighted by Crippen LogP contribution is 2.26. The SMILES string of the molecule is Cc1ccc(C(=O)C2CCN(c3ccc([N+](=O)[O-])cn3)CC2)c(C)c1. The van der Waals surface area contributed by atoms with Crippen LogP contribution in [0.15, 0.2) is 36.5 Å². The molecule has 0 atom stereocenters. The molecule has 6 nitrogen and oxygen atoms in total. The molecule has 0 spiro atoms. The van der Waals surface area contributed by atoms with Gasteiger partial charge in [0.2, 0.25) is 0 Å². The molecule has 6 heteroatoms. The molecular formula is C19H21N3O3. The number of carbonyl (C=O) groups is 1. The number of benzene rings is 1. The lowest BCUT2D eigenvalue weighted by molar-refractivity contribution is -0.385. The molecule has 0 aliphatic carbocycles. The number of piperidine rings is 1. The number of carbonyl (C=O) groups excluding carboxylic acids is 1. The topological polar surface area (TPSA) is 76.3 Å². The third-order valence-corrected chi connectivity index (χ3v) is 4.78. The summed E-state index contributed by atoms with van der Waals surface area (Å²) in [5, 5.41) is 10.7. The van der Waals surface area contributed by atoms with Crippen molar-refractivity contribution in [1.29, 1.82) is 0 Å². The zero-order valence-electron chi connectivity index (χ0n) is 14.4. The number of hydrogen-bond donors (Lipinski definition) is 0. The van der Waals surface area contributed by atoms with Crippen LogP contribution in [0.4, 0.5) is 11.5 Å². The largest absolute Gasteiger partial charge is 0.357 e. The third kappa shape index (κ3) is 3.68. The summed E-state index contributed by atoms with van der Waals surface area (Å²) in [5.41, 5.74) is 3.00. The smallest absolute Gasteiger partial charge is 0.287 e. The highest BCUT2D eigenvalue weighted by atomic mass is 16.6. The van der Waals surface area contributed by atoms with E-state index in [2.05, 4.69) is 9.88 Å². The van der Waals surface area contributed by atoms with E-state index in [9.17, 15) is 14.9 Å². The van der Waals surface area contributed by atoms with Gasteiger partial charge in [-0.05, 0) is 38.3 Å². The number of hydrogen-bond acceptors (Lipinski definition) is 5. The van der Waals surface area contributed by atoms with Crippen molar-refractivity contribution in [2.75, 3.05) is 18.0 Å². The lowest BCUT2D eigenvalue weighted by Gasteiger charge is -2.32. The molecule has 1 aromatic carbocycles. The van der Waals surface area contributed by atoms with Gasteiger partial charge in [0.25, 0.3) is 5.69 Å². The van der Waals surface area contributed by atoms with E-state index in [1.165, 1.54) is 12.3 Å². The predicted molar refractivity (Wildman–Crippen MR) is 96.1 cm³/mol. The summed E-state index contributed by atoms with van der Waals surface area (Å²) < 4.78 is 0. The van der Waals surface area contributed by atoms with Crippen molar-refractivity contribution in [3.63, 3.8) is 0 Å². The summed E-state index contributed by atoms with van der Waals surface area (Å²) in [5.74, 6) is 0.965. The summed E-state index contributed by atoms with van der Waals surface area (Å²) in [4.78, 5) is 29.3. The number of aromatic nitrogens is 1. The second-order valence-corrected chi connectivity index (χ2v) is 6.58. The molecule has 0 bridgehead atoms. The Bertz CT molecular complexity index is 794. The van der Waals surface area contributed by atoms with Gasteiger partial charge in [-0.3, -0.25) is 14.9 Å². The molecule has 1 aromatic heterocycles. The summed E-state index contributed by atoms with van der Waals surface area (Å²) in [6.45, 7) is 5.46. The molecular weight excluding hydrogens is 318 g/mol. The van der Waals surface area contributed by atoms with Crippen LogP contribution in [0.2, 0.25) is 0 Å². The van der Waals surface area contributed by atoms with E-state index in [1.54, 1.807) is 6.07 Å². The Morgan fingerprint density at radius 2 is 1.92 bits per heavy atom. The maximum Gasteiger partial charge on any atom is 0.287 e. The van der Waals surface area contributed by atoms with Crippen LogP contribution < -0.4 is 4.90 Å². The van der Waals surface area contributed by atoms with Crippen LogP contribution in [0, 0.1) is 29.9 Å². The first kappa shape index (κ1) is 17.1. The molecule has 1 saturated heterocycles. The first-order valence-electron chi connectivity index (χ1n) is 8.42. The van der Waals surface area contributed by atoms with Crippen LogP contribution in [-0.2, 0) is 0 Å². The van der Waals surface area contributed by atoms with Crippen LogP contribution in [-0.4, -0.2) is 28.8 Å². The van der Waals surface area contributed by atoms with E-state index >= 15 is 0 Å². The fourth-order valence-corrected chi connectivity index (χ4v) is 3.35. The lowest BCUT2D eigenvalue weighted by atomic mass is 9.87. The number of ketones is 1.